The van der Waals surface area contributed by atoms with Crippen LogP contribution in [0.5, 0.6) is 0 Å². The number of amides is 1. The van der Waals surface area contributed by atoms with E-state index in [9.17, 15) is 9.59 Å². The number of nitrogens with zero attached hydrogens (tertiary/aromatic N) is 1. The SMILES string of the molecule is CCCCCCCCCCCC(=O)NCCN(CCO)C(C)C(=O)O. The second-order valence-corrected chi connectivity index (χ2v) is 6.70. The highest BCUT2D eigenvalue weighted by Crippen LogP contribution is 2.10. The molecular weight excluding hydrogens is 320 g/mol. The summed E-state index contributed by atoms with van der Waals surface area (Å²) >= 11 is 0. The van der Waals surface area contributed by atoms with Gasteiger partial charge in [0.05, 0.1) is 6.61 Å². The van der Waals surface area contributed by atoms with Crippen molar-refractivity contribution in [3.63, 3.8) is 0 Å². The lowest BCUT2D eigenvalue weighted by Gasteiger charge is -2.25. The molecule has 25 heavy (non-hydrogen) atoms. The lowest BCUT2D eigenvalue weighted by molar-refractivity contribution is -0.142. The molecule has 0 aliphatic rings. The molecule has 3 N–H and O–H groups in total. The minimum atomic E-state index is -0.922. The first-order chi connectivity index (χ1) is 12.0. The average Bonchev–Trinajstić information content (AvgIpc) is 2.58. The zero-order valence-corrected chi connectivity index (χ0v) is 16.1. The monoisotopic (exact) mass is 358 g/mol. The number of carboxylic acids is 1. The Balaban J connectivity index is 3.64. The summed E-state index contributed by atoms with van der Waals surface area (Å²) in [5.41, 5.74) is 0. The molecule has 0 saturated heterocycles. The van der Waals surface area contributed by atoms with Gasteiger partial charge in [-0.3, -0.25) is 14.5 Å². The molecule has 6 heteroatoms. The molecule has 0 rings (SSSR count). The van der Waals surface area contributed by atoms with Crippen LogP contribution in [-0.2, 0) is 9.59 Å². The summed E-state index contributed by atoms with van der Waals surface area (Å²) in [5, 5.41) is 20.9. The van der Waals surface area contributed by atoms with Gasteiger partial charge in [0.15, 0.2) is 0 Å². The van der Waals surface area contributed by atoms with Crippen molar-refractivity contribution >= 4 is 11.9 Å². The van der Waals surface area contributed by atoms with Gasteiger partial charge in [0, 0.05) is 26.1 Å². The number of unbranched alkanes of at least 4 members (excludes halogenated alkanes) is 8. The molecule has 0 aliphatic heterocycles. The van der Waals surface area contributed by atoms with E-state index < -0.39 is 12.0 Å². The minimum absolute atomic E-state index is 0.0230. The number of hydrogen-bond donors (Lipinski definition) is 3. The second kappa shape index (κ2) is 16.3. The summed E-state index contributed by atoms with van der Waals surface area (Å²) in [4.78, 5) is 24.5. The van der Waals surface area contributed by atoms with E-state index in [1.54, 1.807) is 11.8 Å². The number of aliphatic carboxylic acids is 1. The van der Waals surface area contributed by atoms with Gasteiger partial charge in [-0.15, -0.1) is 0 Å². The molecule has 1 atom stereocenters. The van der Waals surface area contributed by atoms with Crippen LogP contribution in [-0.4, -0.2) is 59.3 Å². The summed E-state index contributed by atoms with van der Waals surface area (Å²) < 4.78 is 0. The van der Waals surface area contributed by atoms with Crippen LogP contribution in [0.1, 0.15) is 78.1 Å². The number of nitrogens with one attached hydrogen (secondary N) is 1. The third-order valence-corrected chi connectivity index (χ3v) is 4.52. The number of carboxylic acid groups (broad SMARTS) is 1. The zero-order valence-electron chi connectivity index (χ0n) is 16.1. The minimum Gasteiger partial charge on any atom is -0.480 e. The topological polar surface area (TPSA) is 89.9 Å². The van der Waals surface area contributed by atoms with E-state index in [4.69, 9.17) is 10.2 Å². The molecule has 0 bridgehead atoms. The molecule has 0 fully saturated rings. The van der Waals surface area contributed by atoms with E-state index in [1.807, 2.05) is 0 Å². The first-order valence-corrected chi connectivity index (χ1v) is 9.87. The Morgan fingerprint density at radius 2 is 1.52 bits per heavy atom. The molecule has 1 amide bonds. The lowest BCUT2D eigenvalue weighted by Crippen LogP contribution is -2.44. The van der Waals surface area contributed by atoms with Crippen molar-refractivity contribution < 1.29 is 19.8 Å². The van der Waals surface area contributed by atoms with Crippen molar-refractivity contribution in [3.8, 4) is 0 Å². The van der Waals surface area contributed by atoms with E-state index in [1.165, 1.54) is 44.9 Å². The molecule has 0 saturated carbocycles. The maximum Gasteiger partial charge on any atom is 0.320 e. The Morgan fingerprint density at radius 3 is 2.04 bits per heavy atom. The van der Waals surface area contributed by atoms with Crippen LogP contribution >= 0.6 is 0 Å². The number of carbonyl (C=O) groups excluding carboxylic acids is 1. The number of aliphatic hydroxyl groups excluding tert-OH is 1. The van der Waals surface area contributed by atoms with E-state index in [0.29, 0.717) is 26.1 Å². The fourth-order valence-electron chi connectivity index (χ4n) is 2.81. The molecule has 0 radical (unpaired) electrons. The maximum absolute atomic E-state index is 11.8. The highest BCUT2D eigenvalue weighted by atomic mass is 16.4. The van der Waals surface area contributed by atoms with Gasteiger partial charge in [-0.05, 0) is 13.3 Å². The van der Waals surface area contributed by atoms with E-state index in [2.05, 4.69) is 12.2 Å². The summed E-state index contributed by atoms with van der Waals surface area (Å²) in [6.07, 6.45) is 11.6. The van der Waals surface area contributed by atoms with Gasteiger partial charge in [0.2, 0.25) is 5.91 Å². The van der Waals surface area contributed by atoms with E-state index >= 15 is 0 Å². The second-order valence-electron chi connectivity index (χ2n) is 6.70. The standard InChI is InChI=1S/C19H38N2O4/c1-3-4-5-6-7-8-9-10-11-12-18(23)20-13-14-21(15-16-22)17(2)19(24)25/h17,22H,3-16H2,1-2H3,(H,20,23)(H,24,25). The molecular formula is C19H38N2O4. The van der Waals surface area contributed by atoms with Crippen molar-refractivity contribution in [2.45, 2.75) is 84.1 Å². The molecule has 1 unspecified atom stereocenters. The quantitative estimate of drug-likeness (QED) is 0.348. The Hall–Kier alpha value is -1.14. The maximum atomic E-state index is 11.8. The van der Waals surface area contributed by atoms with Gasteiger partial charge in [0.25, 0.3) is 0 Å². The van der Waals surface area contributed by atoms with Crippen LogP contribution in [0, 0.1) is 0 Å². The van der Waals surface area contributed by atoms with Crippen LogP contribution in [0.15, 0.2) is 0 Å². The number of rotatable bonds is 17. The smallest absolute Gasteiger partial charge is 0.320 e. The van der Waals surface area contributed by atoms with Gasteiger partial charge in [-0.2, -0.15) is 0 Å². The van der Waals surface area contributed by atoms with Crippen LogP contribution < -0.4 is 5.32 Å². The van der Waals surface area contributed by atoms with Crippen molar-refractivity contribution in [2.24, 2.45) is 0 Å². The number of aliphatic hydroxyl groups is 1. The molecule has 0 aromatic heterocycles. The van der Waals surface area contributed by atoms with Crippen LogP contribution in [0.25, 0.3) is 0 Å². The first kappa shape index (κ1) is 23.9. The predicted octanol–water partition coefficient (Wildman–Crippen LogP) is 2.79. The Labute approximate surface area is 153 Å². The molecule has 0 aliphatic carbocycles. The molecule has 0 aromatic carbocycles. The summed E-state index contributed by atoms with van der Waals surface area (Å²) in [5.74, 6) is -0.899. The van der Waals surface area contributed by atoms with Crippen LogP contribution in [0.3, 0.4) is 0 Å². The van der Waals surface area contributed by atoms with Gasteiger partial charge in [-0.1, -0.05) is 58.3 Å². The molecule has 0 spiro atoms. The molecule has 148 valence electrons. The largest absolute Gasteiger partial charge is 0.480 e. The van der Waals surface area contributed by atoms with Crippen molar-refractivity contribution in [2.75, 3.05) is 26.2 Å². The van der Waals surface area contributed by atoms with E-state index in [-0.39, 0.29) is 12.5 Å². The fourth-order valence-corrected chi connectivity index (χ4v) is 2.81. The third kappa shape index (κ3) is 13.8. The predicted molar refractivity (Wildman–Crippen MR) is 101 cm³/mol. The van der Waals surface area contributed by atoms with Crippen molar-refractivity contribution in [1.29, 1.82) is 0 Å². The van der Waals surface area contributed by atoms with Crippen LogP contribution in [0.2, 0.25) is 0 Å². The average molecular weight is 359 g/mol. The zero-order chi connectivity index (χ0) is 18.9. The van der Waals surface area contributed by atoms with E-state index in [0.717, 1.165) is 12.8 Å². The third-order valence-electron chi connectivity index (χ3n) is 4.52. The van der Waals surface area contributed by atoms with Crippen molar-refractivity contribution in [3.05, 3.63) is 0 Å². The van der Waals surface area contributed by atoms with Gasteiger partial charge in [-0.25, -0.2) is 0 Å². The van der Waals surface area contributed by atoms with Gasteiger partial charge < -0.3 is 15.5 Å². The summed E-state index contributed by atoms with van der Waals surface area (Å²) in [6.45, 7) is 4.85. The molecule has 6 nitrogen and oxygen atoms in total. The van der Waals surface area contributed by atoms with Crippen molar-refractivity contribution in [1.82, 2.24) is 10.2 Å². The normalized spacial score (nSPS) is 12.3. The highest BCUT2D eigenvalue weighted by molar-refractivity contribution is 5.75. The fraction of sp³-hybridized carbons (Fsp3) is 0.895. The molecule has 0 aromatic rings. The first-order valence-electron chi connectivity index (χ1n) is 9.87. The lowest BCUT2D eigenvalue weighted by atomic mass is 10.1. The Bertz CT molecular complexity index is 350. The summed E-state index contributed by atoms with van der Waals surface area (Å²) in [7, 11) is 0. The summed E-state index contributed by atoms with van der Waals surface area (Å²) in [6, 6.07) is -0.665. The Morgan fingerprint density at radius 1 is 0.960 bits per heavy atom. The Kier molecular flexibility index (Phi) is 15.6. The molecule has 0 heterocycles. The highest BCUT2D eigenvalue weighted by Gasteiger charge is 2.19. The van der Waals surface area contributed by atoms with Gasteiger partial charge in [0.1, 0.15) is 6.04 Å². The van der Waals surface area contributed by atoms with Gasteiger partial charge >= 0.3 is 5.97 Å². The van der Waals surface area contributed by atoms with Crippen LogP contribution in [0.4, 0.5) is 0 Å². The number of hydrogen-bond acceptors (Lipinski definition) is 4. The number of carbonyl (C=O) groups is 2.